The van der Waals surface area contributed by atoms with Gasteiger partial charge in [-0.3, -0.25) is 4.72 Å². The molecule has 0 amide bonds. The molecule has 0 aliphatic heterocycles. The predicted octanol–water partition coefficient (Wildman–Crippen LogP) is 2.86. The van der Waals surface area contributed by atoms with E-state index in [1.807, 2.05) is 32.9 Å². The van der Waals surface area contributed by atoms with Crippen LogP contribution in [0, 0.1) is 20.8 Å². The van der Waals surface area contributed by atoms with Crippen LogP contribution in [0.25, 0.3) is 5.82 Å². The number of rotatable bonds is 6. The Morgan fingerprint density at radius 3 is 2.27 bits per heavy atom. The Morgan fingerprint density at radius 1 is 0.967 bits per heavy atom. The van der Waals surface area contributed by atoms with E-state index in [2.05, 4.69) is 35.3 Å². The number of imidazole rings is 1. The molecule has 3 N–H and O–H groups in total. The number of hydrogen-bond acceptors (Lipinski definition) is 7. The number of hydrogen-bond donors (Lipinski definition) is 3. The molecule has 0 radical (unpaired) electrons. The standard InChI is InChI=1S/C19H20N8O2S/c1-12-13(2)25-27(14(12)3)18-9-8-17(23-24-18)22-15-4-6-16(7-5-15)26-30(28,29)19-10-20-11-21-19/h4-11,26H,1-3H3,(H,20,21)(H,22,23). The summed E-state index contributed by atoms with van der Waals surface area (Å²) in [5.74, 6) is 1.20. The first-order valence-electron chi connectivity index (χ1n) is 9.09. The second-order valence-electron chi connectivity index (χ2n) is 6.71. The number of sulfonamides is 1. The van der Waals surface area contributed by atoms with Crippen molar-refractivity contribution in [2.24, 2.45) is 0 Å². The maximum Gasteiger partial charge on any atom is 0.278 e. The van der Waals surface area contributed by atoms with Crippen molar-refractivity contribution in [1.82, 2.24) is 29.9 Å². The van der Waals surface area contributed by atoms with Crippen molar-refractivity contribution in [1.29, 1.82) is 0 Å². The smallest absolute Gasteiger partial charge is 0.278 e. The van der Waals surface area contributed by atoms with Gasteiger partial charge in [0.15, 0.2) is 16.7 Å². The largest absolute Gasteiger partial charge is 0.339 e. The van der Waals surface area contributed by atoms with Crippen molar-refractivity contribution < 1.29 is 8.42 Å². The molecule has 154 valence electrons. The number of aromatic nitrogens is 6. The number of aromatic amines is 1. The molecular weight excluding hydrogens is 404 g/mol. The molecule has 0 unspecified atom stereocenters. The number of aryl methyl sites for hydroxylation is 1. The summed E-state index contributed by atoms with van der Waals surface area (Å²) in [6, 6.07) is 10.4. The molecule has 3 aromatic heterocycles. The van der Waals surface area contributed by atoms with Gasteiger partial charge in [-0.2, -0.15) is 13.5 Å². The number of nitrogens with one attached hydrogen (secondary N) is 3. The lowest BCUT2D eigenvalue weighted by molar-refractivity contribution is 0.598. The van der Waals surface area contributed by atoms with Gasteiger partial charge >= 0.3 is 0 Å². The van der Waals surface area contributed by atoms with Crippen LogP contribution in [0.4, 0.5) is 17.2 Å². The van der Waals surface area contributed by atoms with Crippen LogP contribution in [-0.4, -0.2) is 38.4 Å². The van der Waals surface area contributed by atoms with Crippen LogP contribution in [0.1, 0.15) is 17.0 Å². The van der Waals surface area contributed by atoms with Crippen molar-refractivity contribution in [3.8, 4) is 5.82 Å². The average Bonchev–Trinajstić information content (AvgIpc) is 3.36. The van der Waals surface area contributed by atoms with Gasteiger partial charge in [-0.15, -0.1) is 10.2 Å². The average molecular weight is 424 g/mol. The summed E-state index contributed by atoms with van der Waals surface area (Å²) in [4.78, 5) is 6.29. The minimum Gasteiger partial charge on any atom is -0.339 e. The number of H-pyrrole nitrogens is 1. The van der Waals surface area contributed by atoms with Gasteiger partial charge in [0, 0.05) is 17.1 Å². The van der Waals surface area contributed by atoms with E-state index in [1.165, 1.54) is 12.5 Å². The highest BCUT2D eigenvalue weighted by atomic mass is 32.2. The zero-order chi connectivity index (χ0) is 21.3. The molecule has 0 saturated carbocycles. The molecule has 30 heavy (non-hydrogen) atoms. The monoisotopic (exact) mass is 424 g/mol. The van der Waals surface area contributed by atoms with Crippen LogP contribution in [0.2, 0.25) is 0 Å². The maximum atomic E-state index is 12.2. The zero-order valence-electron chi connectivity index (χ0n) is 16.6. The fourth-order valence-electron chi connectivity index (χ4n) is 2.82. The summed E-state index contributed by atoms with van der Waals surface area (Å²) in [5, 5.41) is 16.1. The van der Waals surface area contributed by atoms with Gasteiger partial charge < -0.3 is 10.3 Å². The van der Waals surface area contributed by atoms with Gasteiger partial charge in [-0.1, -0.05) is 0 Å². The molecule has 0 spiro atoms. The SMILES string of the molecule is Cc1nn(-c2ccc(Nc3ccc(NS(=O)(=O)c4cnc[nH]4)cc3)nn2)c(C)c1C. The highest BCUT2D eigenvalue weighted by Gasteiger charge is 2.15. The van der Waals surface area contributed by atoms with Crippen LogP contribution in [0.3, 0.4) is 0 Å². The molecule has 1 aromatic carbocycles. The molecule has 4 aromatic rings. The van der Waals surface area contributed by atoms with Crippen LogP contribution < -0.4 is 10.0 Å². The Labute approximate surface area is 173 Å². The van der Waals surface area contributed by atoms with Crippen molar-refractivity contribution >= 4 is 27.2 Å². The first-order valence-corrected chi connectivity index (χ1v) is 10.6. The van der Waals surface area contributed by atoms with Crippen molar-refractivity contribution in [3.63, 3.8) is 0 Å². The van der Waals surface area contributed by atoms with Gasteiger partial charge in [-0.05, 0) is 62.7 Å². The quantitative estimate of drug-likeness (QED) is 0.434. The Hall–Kier alpha value is -3.73. The van der Waals surface area contributed by atoms with E-state index in [4.69, 9.17) is 0 Å². The summed E-state index contributed by atoms with van der Waals surface area (Å²) >= 11 is 0. The third-order valence-electron chi connectivity index (χ3n) is 4.69. The van der Waals surface area contributed by atoms with Crippen LogP contribution in [0.5, 0.6) is 0 Å². The molecule has 11 heteroatoms. The fourth-order valence-corrected chi connectivity index (χ4v) is 3.78. The normalized spacial score (nSPS) is 11.4. The third-order valence-corrected chi connectivity index (χ3v) is 6.00. The highest BCUT2D eigenvalue weighted by molar-refractivity contribution is 7.92. The van der Waals surface area contributed by atoms with E-state index in [9.17, 15) is 8.42 Å². The Bertz CT molecular complexity index is 1260. The molecule has 0 bridgehead atoms. The van der Waals surface area contributed by atoms with Crippen LogP contribution in [0.15, 0.2) is 53.9 Å². The molecule has 0 aliphatic carbocycles. The first-order chi connectivity index (χ1) is 14.3. The minimum atomic E-state index is -3.70. The Kier molecular flexibility index (Phi) is 4.96. The molecular formula is C19H20N8O2S. The predicted molar refractivity (Wildman–Crippen MR) is 112 cm³/mol. The highest BCUT2D eigenvalue weighted by Crippen LogP contribution is 2.20. The molecule has 0 aliphatic rings. The van der Waals surface area contributed by atoms with Crippen LogP contribution in [-0.2, 0) is 10.0 Å². The number of nitrogens with zero attached hydrogens (tertiary/aromatic N) is 5. The lowest BCUT2D eigenvalue weighted by Gasteiger charge is -2.09. The fraction of sp³-hybridized carbons (Fsp3) is 0.158. The Morgan fingerprint density at radius 2 is 1.70 bits per heavy atom. The van der Waals surface area contributed by atoms with E-state index in [-0.39, 0.29) is 5.03 Å². The van der Waals surface area contributed by atoms with E-state index >= 15 is 0 Å². The topological polar surface area (TPSA) is 130 Å². The van der Waals surface area contributed by atoms with E-state index in [1.54, 1.807) is 28.9 Å². The van der Waals surface area contributed by atoms with E-state index in [0.29, 0.717) is 17.3 Å². The second-order valence-corrected chi connectivity index (χ2v) is 8.36. The van der Waals surface area contributed by atoms with Crippen molar-refractivity contribution in [2.75, 3.05) is 10.0 Å². The molecule has 0 saturated heterocycles. The molecule has 0 fully saturated rings. The lowest BCUT2D eigenvalue weighted by atomic mass is 10.2. The molecule has 4 rings (SSSR count). The first kappa shape index (κ1) is 19.6. The third kappa shape index (κ3) is 3.87. The van der Waals surface area contributed by atoms with Gasteiger partial charge in [0.1, 0.15) is 0 Å². The van der Waals surface area contributed by atoms with Crippen molar-refractivity contribution in [2.45, 2.75) is 25.8 Å². The maximum absolute atomic E-state index is 12.2. The van der Waals surface area contributed by atoms with Gasteiger partial charge in [0.25, 0.3) is 10.0 Å². The summed E-state index contributed by atoms with van der Waals surface area (Å²) < 4.78 is 28.7. The second kappa shape index (κ2) is 7.59. The van der Waals surface area contributed by atoms with Gasteiger partial charge in [0.2, 0.25) is 0 Å². The molecule has 3 heterocycles. The summed E-state index contributed by atoms with van der Waals surface area (Å²) in [7, 11) is -3.70. The zero-order valence-corrected chi connectivity index (χ0v) is 17.4. The van der Waals surface area contributed by atoms with E-state index < -0.39 is 10.0 Å². The summed E-state index contributed by atoms with van der Waals surface area (Å²) in [6.07, 6.45) is 2.55. The van der Waals surface area contributed by atoms with Gasteiger partial charge in [-0.25, -0.2) is 9.67 Å². The van der Waals surface area contributed by atoms with E-state index in [0.717, 1.165) is 22.6 Å². The van der Waals surface area contributed by atoms with Crippen molar-refractivity contribution in [3.05, 3.63) is 65.9 Å². The molecule has 0 atom stereocenters. The summed E-state index contributed by atoms with van der Waals surface area (Å²) in [5.41, 5.74) is 4.28. The number of benzene rings is 1. The minimum absolute atomic E-state index is 0.00197. The number of anilines is 3. The summed E-state index contributed by atoms with van der Waals surface area (Å²) in [6.45, 7) is 5.97. The Balaban J connectivity index is 1.45. The van der Waals surface area contributed by atoms with Crippen LogP contribution >= 0.6 is 0 Å². The molecule has 10 nitrogen and oxygen atoms in total. The van der Waals surface area contributed by atoms with Gasteiger partial charge in [0.05, 0.1) is 18.2 Å². The lowest BCUT2D eigenvalue weighted by Crippen LogP contribution is -2.13.